The van der Waals surface area contributed by atoms with E-state index in [4.69, 9.17) is 23.2 Å². The molecule has 0 unspecified atom stereocenters. The largest absolute Gasteiger partial charge is 0.354 e. The smallest absolute Gasteiger partial charge is 0.244 e. The van der Waals surface area contributed by atoms with E-state index in [1.807, 2.05) is 67.6 Å². The van der Waals surface area contributed by atoms with Gasteiger partial charge >= 0.3 is 0 Å². The topological polar surface area (TPSA) is 86.8 Å². The van der Waals surface area contributed by atoms with Crippen LogP contribution in [-0.4, -0.2) is 50.5 Å². The van der Waals surface area contributed by atoms with Crippen molar-refractivity contribution >= 4 is 50.7 Å². The predicted molar refractivity (Wildman–Crippen MR) is 157 cm³/mol. The molecule has 0 spiro atoms. The Morgan fingerprint density at radius 1 is 0.923 bits per heavy atom. The quantitative estimate of drug-likeness (QED) is 0.273. The van der Waals surface area contributed by atoms with E-state index in [1.165, 1.54) is 23.1 Å². The third-order valence-electron chi connectivity index (χ3n) is 6.15. The lowest BCUT2D eigenvalue weighted by molar-refractivity contribution is -0.140. The van der Waals surface area contributed by atoms with Gasteiger partial charge < -0.3 is 10.2 Å². The minimum absolute atomic E-state index is 0.0895. The average Bonchev–Trinajstić information content (AvgIpc) is 2.91. The van der Waals surface area contributed by atoms with E-state index >= 15 is 0 Å². The van der Waals surface area contributed by atoms with Crippen molar-refractivity contribution in [1.82, 2.24) is 10.2 Å². The summed E-state index contributed by atoms with van der Waals surface area (Å²) in [5, 5.41) is 3.36. The number of hydrogen-bond donors (Lipinski definition) is 1. The van der Waals surface area contributed by atoms with Gasteiger partial charge in [0.1, 0.15) is 12.6 Å². The first kappa shape index (κ1) is 30.5. The number of anilines is 1. The van der Waals surface area contributed by atoms with Crippen molar-refractivity contribution in [1.29, 1.82) is 0 Å². The fraction of sp³-hybridized carbons (Fsp3) is 0.310. The normalized spacial score (nSPS) is 12.0. The Bertz CT molecular complexity index is 1360. The van der Waals surface area contributed by atoms with Gasteiger partial charge in [-0.05, 0) is 35.7 Å². The van der Waals surface area contributed by atoms with Gasteiger partial charge in [-0.3, -0.25) is 13.9 Å². The van der Waals surface area contributed by atoms with Gasteiger partial charge in [-0.25, -0.2) is 8.42 Å². The molecule has 0 fully saturated rings. The van der Waals surface area contributed by atoms with Crippen molar-refractivity contribution in [2.75, 3.05) is 23.7 Å². The Kier molecular flexibility index (Phi) is 11.2. The first-order valence-corrected chi connectivity index (χ1v) is 15.3. The molecule has 0 aliphatic heterocycles. The van der Waals surface area contributed by atoms with Gasteiger partial charge in [0, 0.05) is 24.5 Å². The first-order chi connectivity index (χ1) is 18.6. The van der Waals surface area contributed by atoms with Crippen LogP contribution in [0.3, 0.4) is 0 Å². The number of benzene rings is 3. The zero-order valence-electron chi connectivity index (χ0n) is 22.0. The number of halogens is 2. The van der Waals surface area contributed by atoms with Gasteiger partial charge in [-0.15, -0.1) is 0 Å². The summed E-state index contributed by atoms with van der Waals surface area (Å²) < 4.78 is 26.6. The summed E-state index contributed by atoms with van der Waals surface area (Å²) in [4.78, 5) is 29.0. The Hall–Kier alpha value is -3.07. The molecule has 0 heterocycles. The molecule has 208 valence electrons. The van der Waals surface area contributed by atoms with Crippen molar-refractivity contribution in [2.24, 2.45) is 0 Å². The molecule has 3 aromatic rings. The highest BCUT2D eigenvalue weighted by Crippen LogP contribution is 2.31. The van der Waals surface area contributed by atoms with Crippen molar-refractivity contribution < 1.29 is 18.0 Å². The van der Waals surface area contributed by atoms with Gasteiger partial charge in [0.05, 0.1) is 17.0 Å². The van der Waals surface area contributed by atoms with Crippen LogP contribution in [0.5, 0.6) is 0 Å². The van der Waals surface area contributed by atoms with Crippen LogP contribution < -0.4 is 9.62 Å². The second-order valence-electron chi connectivity index (χ2n) is 9.22. The number of nitrogens with one attached hydrogen (secondary N) is 1. The number of sulfonamides is 1. The van der Waals surface area contributed by atoms with E-state index < -0.39 is 28.5 Å². The van der Waals surface area contributed by atoms with Crippen LogP contribution in [0.15, 0.2) is 78.9 Å². The van der Waals surface area contributed by atoms with Crippen LogP contribution in [0.1, 0.15) is 30.9 Å². The first-order valence-electron chi connectivity index (χ1n) is 12.7. The maximum atomic E-state index is 14.0. The summed E-state index contributed by atoms with van der Waals surface area (Å²) in [6.45, 7) is 2.06. The van der Waals surface area contributed by atoms with E-state index in [9.17, 15) is 18.0 Å². The Morgan fingerprint density at radius 3 is 2.13 bits per heavy atom. The zero-order valence-corrected chi connectivity index (χ0v) is 24.3. The maximum Gasteiger partial charge on any atom is 0.244 e. The summed E-state index contributed by atoms with van der Waals surface area (Å²) in [6, 6.07) is 22.2. The second kappa shape index (κ2) is 14.4. The van der Waals surface area contributed by atoms with E-state index in [1.54, 1.807) is 0 Å². The standard InChI is InChI=1S/C29H33Cl2N3O4S/c1-3-4-17-32-29(36)27(18-22-11-7-5-8-12-22)33(20-23-13-9-6-10-14-23)28(35)21-34(39(2,37)38)26-19-24(30)15-16-25(26)31/h5-16,19,27H,3-4,17-18,20-21H2,1-2H3,(H,32,36)/t27-/m0/s1. The summed E-state index contributed by atoms with van der Waals surface area (Å²) >= 11 is 12.5. The molecule has 0 aromatic heterocycles. The van der Waals surface area contributed by atoms with Crippen LogP contribution in [0, 0.1) is 0 Å². The minimum atomic E-state index is -3.94. The van der Waals surface area contributed by atoms with E-state index in [0.29, 0.717) is 6.54 Å². The Balaban J connectivity index is 2.04. The lowest BCUT2D eigenvalue weighted by atomic mass is 10.0. The lowest BCUT2D eigenvalue weighted by Crippen LogP contribution is -2.53. The fourth-order valence-corrected chi connectivity index (χ4v) is 5.40. The van der Waals surface area contributed by atoms with Crippen LogP contribution in [0.25, 0.3) is 0 Å². The second-order valence-corrected chi connectivity index (χ2v) is 12.0. The van der Waals surface area contributed by atoms with Gasteiger partial charge in [-0.1, -0.05) is 97.2 Å². The van der Waals surface area contributed by atoms with Crippen LogP contribution in [0.2, 0.25) is 10.0 Å². The van der Waals surface area contributed by atoms with Crippen molar-refractivity contribution in [3.05, 3.63) is 100 Å². The molecule has 0 aliphatic rings. The zero-order chi connectivity index (χ0) is 28.4. The summed E-state index contributed by atoms with van der Waals surface area (Å²) in [5.74, 6) is -0.852. The molecule has 1 atom stereocenters. The molecule has 0 saturated heterocycles. The number of carbonyl (C=O) groups excluding carboxylic acids is 2. The molecule has 2 amide bonds. The fourth-order valence-electron chi connectivity index (χ4n) is 4.11. The highest BCUT2D eigenvalue weighted by atomic mass is 35.5. The van der Waals surface area contributed by atoms with Crippen LogP contribution in [-0.2, 0) is 32.6 Å². The molecule has 10 heteroatoms. The molecule has 3 aromatic carbocycles. The molecular weight excluding hydrogens is 557 g/mol. The van der Waals surface area contributed by atoms with E-state index in [2.05, 4.69) is 5.32 Å². The summed E-state index contributed by atoms with van der Waals surface area (Å²) in [5.41, 5.74) is 1.76. The van der Waals surface area contributed by atoms with E-state index in [-0.39, 0.29) is 34.6 Å². The number of rotatable bonds is 13. The van der Waals surface area contributed by atoms with Crippen molar-refractivity contribution in [2.45, 2.75) is 38.8 Å². The Labute approximate surface area is 240 Å². The minimum Gasteiger partial charge on any atom is -0.354 e. The lowest BCUT2D eigenvalue weighted by Gasteiger charge is -2.33. The van der Waals surface area contributed by atoms with Crippen LogP contribution >= 0.6 is 23.2 Å². The monoisotopic (exact) mass is 589 g/mol. The van der Waals surface area contributed by atoms with Gasteiger partial charge in [0.2, 0.25) is 21.8 Å². The number of hydrogen-bond acceptors (Lipinski definition) is 4. The number of unbranched alkanes of at least 4 members (excludes halogenated alkanes) is 1. The average molecular weight is 591 g/mol. The predicted octanol–water partition coefficient (Wildman–Crippen LogP) is 5.32. The number of nitrogens with zero attached hydrogens (tertiary/aromatic N) is 2. The molecule has 0 bridgehead atoms. The van der Waals surface area contributed by atoms with Crippen molar-refractivity contribution in [3.63, 3.8) is 0 Å². The van der Waals surface area contributed by atoms with Gasteiger partial charge in [0.15, 0.2) is 0 Å². The maximum absolute atomic E-state index is 14.0. The van der Waals surface area contributed by atoms with Crippen LogP contribution in [0.4, 0.5) is 5.69 Å². The van der Waals surface area contributed by atoms with Crippen molar-refractivity contribution in [3.8, 4) is 0 Å². The third kappa shape index (κ3) is 8.98. The van der Waals surface area contributed by atoms with E-state index in [0.717, 1.165) is 34.5 Å². The molecule has 0 saturated carbocycles. The molecule has 3 rings (SSSR count). The highest BCUT2D eigenvalue weighted by Gasteiger charge is 2.33. The SMILES string of the molecule is CCCCNC(=O)[C@H](Cc1ccccc1)N(Cc1ccccc1)C(=O)CN(c1cc(Cl)ccc1Cl)S(C)(=O)=O. The highest BCUT2D eigenvalue weighted by molar-refractivity contribution is 7.92. The molecule has 7 nitrogen and oxygen atoms in total. The van der Waals surface area contributed by atoms with Gasteiger partial charge in [0.25, 0.3) is 0 Å². The Morgan fingerprint density at radius 2 is 1.54 bits per heavy atom. The molecule has 1 N–H and O–H groups in total. The molecular formula is C29H33Cl2N3O4S. The van der Waals surface area contributed by atoms with Gasteiger partial charge in [-0.2, -0.15) is 0 Å². The number of carbonyl (C=O) groups is 2. The molecule has 39 heavy (non-hydrogen) atoms. The molecule has 0 aliphatic carbocycles. The number of amides is 2. The third-order valence-corrected chi connectivity index (χ3v) is 7.83. The summed E-state index contributed by atoms with van der Waals surface area (Å²) in [6.07, 6.45) is 2.96. The summed E-state index contributed by atoms with van der Waals surface area (Å²) in [7, 11) is -3.94. The molecule has 0 radical (unpaired) electrons.